The number of benzene rings is 8. The normalized spacial score (nSPS) is 26.1. The maximum Gasteiger partial charge on any atom is 0.338 e. The second-order valence-corrected chi connectivity index (χ2v) is 29.3. The zero-order valence-electron chi connectivity index (χ0n) is 69.0. The van der Waals surface area contributed by atoms with Crippen LogP contribution in [-0.4, -0.2) is 199 Å². The fourth-order valence-electron chi connectivity index (χ4n) is 14.6. The van der Waals surface area contributed by atoms with Crippen LogP contribution in [0.5, 0.6) is 11.5 Å². The fourth-order valence-corrected chi connectivity index (χ4v) is 14.6. The van der Waals surface area contributed by atoms with Gasteiger partial charge in [0.1, 0.15) is 97.9 Å². The summed E-state index contributed by atoms with van der Waals surface area (Å²) in [5.41, 5.74) is 16.5. The number of esters is 6. The van der Waals surface area contributed by atoms with Crippen LogP contribution in [0, 0.1) is 0 Å². The molecule has 4 aliphatic rings. The number of rotatable bonds is 41. The first kappa shape index (κ1) is 91.1. The van der Waals surface area contributed by atoms with Crippen LogP contribution >= 0.6 is 0 Å². The number of ether oxygens (including phenoxy) is 22. The Morgan fingerprint density at radius 3 is 1.04 bits per heavy atom. The van der Waals surface area contributed by atoms with E-state index in [4.69, 9.17) is 104 Å². The Balaban J connectivity index is 1.03. The number of azide groups is 1. The molecule has 4 fully saturated rings. The van der Waals surface area contributed by atoms with Crippen molar-refractivity contribution in [3.05, 3.63) is 285 Å². The molecule has 20 atom stereocenters. The smallest absolute Gasteiger partial charge is 0.338 e. The molecule has 0 aliphatic carbocycles. The van der Waals surface area contributed by atoms with Crippen molar-refractivity contribution in [2.75, 3.05) is 40.6 Å². The molecule has 4 heterocycles. The highest BCUT2D eigenvalue weighted by Gasteiger charge is 2.60. The van der Waals surface area contributed by atoms with Gasteiger partial charge in [-0.05, 0) is 80.9 Å². The standard InChI is InChI=1S/C92H101N3O28/c1-57(96)106-55-74-80(114-59(3)98)84(115-60(4)99)87(116-61(5)100)92(120-74)123-81-76(94-95-93)89(117-75(77(81)113-58(2)97)56-111-88(101)69-36-24-13-25-37-69)121-78-73(54-105-47-63-28-16-9-17-29-63)119-91(86(110-51-68-40-44-71(103-7)45-41-68)83(78)108-50-67-38-42-70(102-6)43-39-67)122-79-72(53-104-46-62-26-14-8-15-27-62)118-90(112-52-66-34-22-12-23-35-66)85(109-49-65-32-20-11-21-33-65)82(79)107-48-64-30-18-10-19-31-64/h8-45,72-87,89-92H,46-56H2,1-7H3/t72-,73-,74-,75-,76-,77+,78+,79-,80+,81-,82+,83+,84+,85-,86-,87-,89-,90+,91+,92+/m1/s1. The lowest BCUT2D eigenvalue weighted by Crippen LogP contribution is -2.69. The highest BCUT2D eigenvalue weighted by molar-refractivity contribution is 5.89. The third-order valence-corrected chi connectivity index (χ3v) is 20.3. The maximum absolute atomic E-state index is 14.3. The van der Waals surface area contributed by atoms with Crippen LogP contribution in [0.1, 0.15) is 83.9 Å². The van der Waals surface area contributed by atoms with Gasteiger partial charge in [0.2, 0.25) is 0 Å². The van der Waals surface area contributed by atoms with Crippen molar-refractivity contribution in [3.63, 3.8) is 0 Å². The van der Waals surface area contributed by atoms with Gasteiger partial charge in [-0.25, -0.2) is 4.79 Å². The molecule has 12 rings (SSSR count). The Hall–Kier alpha value is -11.1. The third-order valence-electron chi connectivity index (χ3n) is 20.3. The van der Waals surface area contributed by atoms with Crippen molar-refractivity contribution in [2.24, 2.45) is 5.11 Å². The molecule has 123 heavy (non-hydrogen) atoms. The summed E-state index contributed by atoms with van der Waals surface area (Å²) in [4.78, 5) is 83.9. The first-order valence-electron chi connectivity index (χ1n) is 40.2. The quantitative estimate of drug-likeness (QED) is 0.0113. The molecule has 0 spiro atoms. The van der Waals surface area contributed by atoms with Gasteiger partial charge in [0.15, 0.2) is 49.6 Å². The average Bonchev–Trinajstić information content (AvgIpc) is 0.757. The highest BCUT2D eigenvalue weighted by Crippen LogP contribution is 2.42. The predicted octanol–water partition coefficient (Wildman–Crippen LogP) is 11.9. The van der Waals surface area contributed by atoms with Crippen LogP contribution < -0.4 is 9.47 Å². The van der Waals surface area contributed by atoms with Crippen molar-refractivity contribution < 1.29 is 133 Å². The van der Waals surface area contributed by atoms with E-state index in [9.17, 15) is 34.3 Å². The molecule has 4 aliphatic heterocycles. The van der Waals surface area contributed by atoms with Gasteiger partial charge in [0.25, 0.3) is 0 Å². The first-order valence-corrected chi connectivity index (χ1v) is 40.2. The van der Waals surface area contributed by atoms with Gasteiger partial charge in [-0.2, -0.15) is 0 Å². The molecule has 0 radical (unpaired) electrons. The highest BCUT2D eigenvalue weighted by atomic mass is 16.8. The summed E-state index contributed by atoms with van der Waals surface area (Å²) in [6.45, 7) is 3.12. The monoisotopic (exact) mass is 1700 g/mol. The molecular weight excluding hydrogens is 1600 g/mol. The second-order valence-electron chi connectivity index (χ2n) is 29.3. The molecule has 0 aromatic heterocycles. The second kappa shape index (κ2) is 46.4. The fraction of sp³-hybridized carbons (Fsp3) is 0.413. The number of carbonyl (C=O) groups is 6. The van der Waals surface area contributed by atoms with Gasteiger partial charge < -0.3 is 104 Å². The summed E-state index contributed by atoms with van der Waals surface area (Å²) < 4.78 is 147. The lowest BCUT2D eigenvalue weighted by molar-refractivity contribution is -0.391. The minimum Gasteiger partial charge on any atom is -0.497 e. The van der Waals surface area contributed by atoms with E-state index in [1.807, 2.05) is 164 Å². The Morgan fingerprint density at radius 1 is 0.309 bits per heavy atom. The van der Waals surface area contributed by atoms with Gasteiger partial charge in [0.05, 0.1) is 79.2 Å². The summed E-state index contributed by atoms with van der Waals surface area (Å²) in [7, 11) is 3.08. The number of hydrogen-bond acceptors (Lipinski definition) is 29. The number of nitrogens with zero attached hydrogens (tertiary/aromatic N) is 3. The molecule has 0 saturated carbocycles. The summed E-state index contributed by atoms with van der Waals surface area (Å²) in [6, 6.07) is 67.9. The molecule has 4 saturated heterocycles. The number of methoxy groups -OCH3 is 2. The van der Waals surface area contributed by atoms with Crippen LogP contribution in [-0.2, 0) is 165 Å². The van der Waals surface area contributed by atoms with E-state index in [1.54, 1.807) is 61.7 Å². The van der Waals surface area contributed by atoms with E-state index in [0.717, 1.165) is 62.4 Å². The molecule has 652 valence electrons. The Morgan fingerprint density at radius 2 is 0.626 bits per heavy atom. The van der Waals surface area contributed by atoms with Gasteiger partial charge >= 0.3 is 35.8 Å². The van der Waals surface area contributed by atoms with E-state index in [1.165, 1.54) is 19.2 Å². The SMILES string of the molecule is COc1ccc(CO[C@H]2[C@@H](O[C@H]3O[C@H](COC(=O)c4ccccc4)[C@H](OC(C)=O)[C@H](O[C@@H]4O[C@H](COC(C)=O)[C@H](OC(C)=O)[C@H](OC(C)=O)[C@H]4OC(C)=O)[C@H]3N=[N+]=[N-])[C@@H](COCc3ccccc3)O[C@@H](O[C@H]3[C@H](OCc4ccccc4)[C@@H](OCc4ccccc4)[C@@H](OCc4ccccc4)O[C@@H]3COCc3ccccc3)[C@@H]2OCc2ccc(OC)cc2)cc1. The minimum atomic E-state index is -2.06. The molecule has 0 N–H and O–H groups in total. The average molecular weight is 1700 g/mol. The zero-order valence-corrected chi connectivity index (χ0v) is 69.0. The van der Waals surface area contributed by atoms with E-state index in [0.29, 0.717) is 22.6 Å². The first-order chi connectivity index (χ1) is 59.9. The zero-order chi connectivity index (χ0) is 86.4. The van der Waals surface area contributed by atoms with Crippen LogP contribution in [0.3, 0.4) is 0 Å². The van der Waals surface area contributed by atoms with Crippen LogP contribution in [0.25, 0.3) is 10.4 Å². The van der Waals surface area contributed by atoms with E-state index in [-0.39, 0.29) is 65.0 Å². The van der Waals surface area contributed by atoms with Crippen LogP contribution in [0.4, 0.5) is 0 Å². The topological polar surface area (TPSA) is 354 Å². The lowest BCUT2D eigenvalue weighted by Gasteiger charge is -2.52. The molecule has 31 nitrogen and oxygen atoms in total. The minimum absolute atomic E-state index is 0.0128. The molecular formula is C92H101N3O28. The van der Waals surface area contributed by atoms with Gasteiger partial charge in [-0.1, -0.05) is 199 Å². The van der Waals surface area contributed by atoms with Crippen molar-refractivity contribution >= 4 is 35.8 Å². The predicted molar refractivity (Wildman–Crippen MR) is 434 cm³/mol. The summed E-state index contributed by atoms with van der Waals surface area (Å²) in [6.07, 6.45) is -30.0. The molecule has 8 aromatic carbocycles. The van der Waals surface area contributed by atoms with Crippen molar-refractivity contribution in [3.8, 4) is 11.5 Å². The molecule has 0 unspecified atom stereocenters. The molecule has 0 bridgehead atoms. The molecule has 8 aromatic rings. The Bertz CT molecular complexity index is 4640. The Labute approximate surface area is 711 Å². The van der Waals surface area contributed by atoms with Gasteiger partial charge in [-0.15, -0.1) is 0 Å². The largest absolute Gasteiger partial charge is 0.497 e. The summed E-state index contributed by atoms with van der Waals surface area (Å²) in [5, 5.41) is 4.31. The van der Waals surface area contributed by atoms with Crippen molar-refractivity contribution in [1.29, 1.82) is 0 Å². The van der Waals surface area contributed by atoms with Crippen molar-refractivity contribution in [2.45, 2.75) is 204 Å². The molecule has 0 amide bonds. The third kappa shape index (κ3) is 26.5. The summed E-state index contributed by atoms with van der Waals surface area (Å²) in [5.74, 6) is -4.50. The van der Waals surface area contributed by atoms with Gasteiger partial charge in [-0.3, -0.25) is 24.0 Å². The van der Waals surface area contributed by atoms with Crippen molar-refractivity contribution in [1.82, 2.24) is 0 Å². The van der Waals surface area contributed by atoms with Crippen LogP contribution in [0.15, 0.2) is 236 Å². The lowest BCUT2D eigenvalue weighted by atomic mass is 9.94. The van der Waals surface area contributed by atoms with E-state index in [2.05, 4.69) is 10.0 Å². The number of carbonyl (C=O) groups excluding carboxylic acids is 6. The van der Waals surface area contributed by atoms with Gasteiger partial charge in [0, 0.05) is 39.5 Å². The number of hydrogen-bond donors (Lipinski definition) is 0. The Kier molecular flexibility index (Phi) is 34.4. The van der Waals surface area contributed by atoms with E-state index < -0.39 is 172 Å². The summed E-state index contributed by atoms with van der Waals surface area (Å²) >= 11 is 0. The van der Waals surface area contributed by atoms with E-state index >= 15 is 0 Å². The van der Waals surface area contributed by atoms with Crippen LogP contribution in [0.2, 0.25) is 0 Å². The maximum atomic E-state index is 14.3. The molecule has 31 heteroatoms.